The number of aromatic nitrogens is 2. The van der Waals surface area contributed by atoms with Crippen LogP contribution in [0.3, 0.4) is 0 Å². The molecule has 0 spiro atoms. The van der Waals surface area contributed by atoms with Crippen LogP contribution >= 0.6 is 0 Å². The highest BCUT2D eigenvalue weighted by atomic mass is 16.5. The Labute approximate surface area is 153 Å². The number of aryl methyl sites for hydroxylation is 1. The number of imide groups is 1. The van der Waals surface area contributed by atoms with E-state index in [9.17, 15) is 9.59 Å². The first-order chi connectivity index (χ1) is 12.7. The summed E-state index contributed by atoms with van der Waals surface area (Å²) in [6.07, 6.45) is 6.50. The highest BCUT2D eigenvalue weighted by Gasteiger charge is 2.19. The molecule has 137 valence electrons. The molecular formula is C19H23N4O3. The molecule has 1 aliphatic heterocycles. The molecule has 0 atom stereocenters. The van der Waals surface area contributed by atoms with Gasteiger partial charge in [0.25, 0.3) is 0 Å². The molecule has 1 aromatic heterocycles. The molecule has 1 saturated heterocycles. The van der Waals surface area contributed by atoms with E-state index in [1.165, 1.54) is 4.90 Å². The number of hydrogen-bond donors (Lipinski definition) is 0. The molecule has 2 heterocycles. The first kappa shape index (κ1) is 18.1. The fraction of sp³-hybridized carbons (Fsp3) is 0.421. The van der Waals surface area contributed by atoms with Crippen molar-refractivity contribution < 1.29 is 14.3 Å². The van der Waals surface area contributed by atoms with Crippen molar-refractivity contribution >= 4 is 12.3 Å². The topological polar surface area (TPSA) is 67.7 Å². The maximum atomic E-state index is 12.2. The Kier molecular flexibility index (Phi) is 6.01. The van der Waals surface area contributed by atoms with Crippen LogP contribution in [0.5, 0.6) is 5.75 Å². The number of benzene rings is 1. The average Bonchev–Trinajstić information content (AvgIpc) is 3.30. The van der Waals surface area contributed by atoms with Crippen molar-refractivity contribution in [3.05, 3.63) is 36.7 Å². The van der Waals surface area contributed by atoms with E-state index in [0.29, 0.717) is 18.7 Å². The van der Waals surface area contributed by atoms with E-state index in [-0.39, 0.29) is 19.1 Å². The fourth-order valence-electron chi connectivity index (χ4n) is 2.99. The third kappa shape index (κ3) is 4.70. The Bertz CT molecular complexity index is 753. The van der Waals surface area contributed by atoms with Crippen molar-refractivity contribution in [1.82, 2.24) is 19.6 Å². The summed E-state index contributed by atoms with van der Waals surface area (Å²) in [5.41, 5.74) is 1.93. The smallest absolute Gasteiger partial charge is 0.243 e. The highest BCUT2D eigenvalue weighted by molar-refractivity contribution is 5.87. The summed E-state index contributed by atoms with van der Waals surface area (Å²) >= 11 is 0. The lowest BCUT2D eigenvalue weighted by molar-refractivity contribution is -0.139. The van der Waals surface area contributed by atoms with Crippen molar-refractivity contribution in [1.29, 1.82) is 0 Å². The Morgan fingerprint density at radius 3 is 2.85 bits per heavy atom. The van der Waals surface area contributed by atoms with Gasteiger partial charge in [-0.3, -0.25) is 24.1 Å². The van der Waals surface area contributed by atoms with Gasteiger partial charge in [0.05, 0.1) is 19.3 Å². The Balaban J connectivity index is 1.51. The molecule has 0 saturated carbocycles. The van der Waals surface area contributed by atoms with E-state index in [0.717, 1.165) is 37.1 Å². The van der Waals surface area contributed by atoms with Crippen LogP contribution in [0.1, 0.15) is 12.8 Å². The third-order valence-electron chi connectivity index (χ3n) is 4.41. The van der Waals surface area contributed by atoms with Gasteiger partial charge < -0.3 is 4.74 Å². The fourth-order valence-corrected chi connectivity index (χ4v) is 2.99. The number of hydrogen-bond acceptors (Lipinski definition) is 5. The number of nitrogens with zero attached hydrogens (tertiary/aromatic N) is 4. The van der Waals surface area contributed by atoms with Crippen LogP contribution in [0, 0.1) is 6.07 Å². The molecule has 7 nitrogen and oxygen atoms in total. The largest absolute Gasteiger partial charge is 0.492 e. The van der Waals surface area contributed by atoms with E-state index in [2.05, 4.69) is 16.1 Å². The lowest BCUT2D eigenvalue weighted by atomic mass is 10.1. The van der Waals surface area contributed by atoms with Crippen LogP contribution in [-0.4, -0.2) is 64.7 Å². The number of carbonyl (C=O) groups is 2. The van der Waals surface area contributed by atoms with Crippen molar-refractivity contribution in [3.8, 4) is 16.9 Å². The minimum Gasteiger partial charge on any atom is -0.492 e. The molecule has 2 amide bonds. The van der Waals surface area contributed by atoms with E-state index >= 15 is 0 Å². The van der Waals surface area contributed by atoms with Crippen LogP contribution in [0.2, 0.25) is 0 Å². The molecule has 1 aliphatic rings. The summed E-state index contributed by atoms with van der Waals surface area (Å²) in [7, 11) is 1.86. The molecule has 1 aromatic carbocycles. The zero-order chi connectivity index (χ0) is 18.4. The van der Waals surface area contributed by atoms with Crippen LogP contribution in [-0.2, 0) is 16.6 Å². The van der Waals surface area contributed by atoms with Gasteiger partial charge in [-0.2, -0.15) is 5.10 Å². The Morgan fingerprint density at radius 2 is 2.15 bits per heavy atom. The summed E-state index contributed by atoms with van der Waals surface area (Å²) < 4.78 is 7.44. The van der Waals surface area contributed by atoms with Gasteiger partial charge in [0.2, 0.25) is 12.3 Å². The normalized spacial score (nSPS) is 14.3. The van der Waals surface area contributed by atoms with Gasteiger partial charge in [0.1, 0.15) is 12.4 Å². The molecule has 1 fully saturated rings. The van der Waals surface area contributed by atoms with E-state index in [4.69, 9.17) is 4.74 Å². The first-order valence-corrected chi connectivity index (χ1v) is 8.76. The van der Waals surface area contributed by atoms with Crippen LogP contribution < -0.4 is 4.74 Å². The Morgan fingerprint density at radius 1 is 1.35 bits per heavy atom. The molecule has 3 rings (SSSR count). The maximum absolute atomic E-state index is 12.2. The Hall–Kier alpha value is -2.67. The summed E-state index contributed by atoms with van der Waals surface area (Å²) in [6, 6.07) is 8.53. The standard InChI is InChI=1S/C19H23N4O3/c1-21-13-17(12-20-21)16-5-4-6-18(11-16)26-10-9-23(15-24)19(25)14-22-7-2-3-8-22/h5-6,11-13,15H,2-3,7-10,14H2,1H3. The van der Waals surface area contributed by atoms with E-state index in [1.54, 1.807) is 16.9 Å². The minimum atomic E-state index is -0.179. The monoisotopic (exact) mass is 355 g/mol. The van der Waals surface area contributed by atoms with E-state index < -0.39 is 0 Å². The average molecular weight is 355 g/mol. The summed E-state index contributed by atoms with van der Waals surface area (Å²) in [5.74, 6) is 0.463. The predicted molar refractivity (Wildman–Crippen MR) is 96.4 cm³/mol. The number of amides is 2. The lowest BCUT2D eigenvalue weighted by Gasteiger charge is -2.20. The van der Waals surface area contributed by atoms with Crippen LogP contribution in [0.15, 0.2) is 30.6 Å². The number of rotatable bonds is 8. The second-order valence-electron chi connectivity index (χ2n) is 6.38. The van der Waals surface area contributed by atoms with Gasteiger partial charge in [-0.25, -0.2) is 0 Å². The summed E-state index contributed by atoms with van der Waals surface area (Å²) in [4.78, 5) is 26.7. The third-order valence-corrected chi connectivity index (χ3v) is 4.41. The first-order valence-electron chi connectivity index (χ1n) is 8.76. The van der Waals surface area contributed by atoms with Crippen LogP contribution in [0.25, 0.3) is 11.1 Å². The lowest BCUT2D eigenvalue weighted by Crippen LogP contribution is -2.40. The van der Waals surface area contributed by atoms with Gasteiger partial charge in [-0.15, -0.1) is 0 Å². The van der Waals surface area contributed by atoms with Gasteiger partial charge in [0.15, 0.2) is 0 Å². The molecule has 0 unspecified atom stereocenters. The van der Waals surface area contributed by atoms with Crippen LogP contribution in [0.4, 0.5) is 0 Å². The summed E-state index contributed by atoms with van der Waals surface area (Å²) in [5, 5.41) is 4.16. The summed E-state index contributed by atoms with van der Waals surface area (Å²) in [6.45, 7) is 2.61. The van der Waals surface area contributed by atoms with Gasteiger partial charge in [-0.05, 0) is 55.8 Å². The van der Waals surface area contributed by atoms with Crippen molar-refractivity contribution in [2.24, 2.45) is 7.05 Å². The second-order valence-corrected chi connectivity index (χ2v) is 6.38. The van der Waals surface area contributed by atoms with Crippen molar-refractivity contribution in [2.75, 3.05) is 32.8 Å². The molecule has 0 aliphatic carbocycles. The second kappa shape index (κ2) is 8.62. The maximum Gasteiger partial charge on any atom is 0.243 e. The van der Waals surface area contributed by atoms with Gasteiger partial charge in [0, 0.05) is 18.8 Å². The molecule has 0 N–H and O–H groups in total. The molecule has 0 bridgehead atoms. The number of carbonyl (C=O) groups excluding carboxylic acids is 2. The minimum absolute atomic E-state index is 0.179. The zero-order valence-corrected chi connectivity index (χ0v) is 14.9. The number of likely N-dealkylation sites (tertiary alicyclic amines) is 1. The van der Waals surface area contributed by atoms with Gasteiger partial charge in [-0.1, -0.05) is 0 Å². The van der Waals surface area contributed by atoms with Crippen molar-refractivity contribution in [3.63, 3.8) is 0 Å². The SMILES string of the molecule is Cn1cc(-c2c[c]cc(OCCN(C=O)C(=O)CN3CCCC3)c2)cn1. The van der Waals surface area contributed by atoms with Gasteiger partial charge >= 0.3 is 0 Å². The molecular weight excluding hydrogens is 332 g/mol. The number of ether oxygens (including phenoxy) is 1. The molecule has 2 aromatic rings. The molecule has 26 heavy (non-hydrogen) atoms. The van der Waals surface area contributed by atoms with Crippen molar-refractivity contribution in [2.45, 2.75) is 12.8 Å². The molecule has 1 radical (unpaired) electrons. The highest BCUT2D eigenvalue weighted by Crippen LogP contribution is 2.22. The zero-order valence-electron chi connectivity index (χ0n) is 14.9. The molecule has 7 heteroatoms. The predicted octanol–water partition coefficient (Wildman–Crippen LogP) is 1.35. The van der Waals surface area contributed by atoms with E-state index in [1.807, 2.05) is 25.4 Å². The quantitative estimate of drug-likeness (QED) is 0.669.